The number of nitrogens with zero attached hydrogens (tertiary/aromatic N) is 1. The summed E-state index contributed by atoms with van der Waals surface area (Å²) in [7, 11) is 0. The van der Waals surface area contributed by atoms with E-state index in [1.165, 1.54) is 0 Å². The minimum Gasteiger partial charge on any atom is -0.506 e. The van der Waals surface area contributed by atoms with Crippen molar-refractivity contribution in [2.45, 2.75) is 25.5 Å². The molecule has 2 aromatic rings. The van der Waals surface area contributed by atoms with Gasteiger partial charge in [0.2, 0.25) is 0 Å². The number of aromatic hydroxyl groups is 1. The van der Waals surface area contributed by atoms with Crippen LogP contribution in [0.25, 0.3) is 10.9 Å². The third kappa shape index (κ3) is 1.23. The van der Waals surface area contributed by atoms with E-state index in [-0.39, 0.29) is 6.10 Å². The number of aryl methyl sites for hydroxylation is 1. The standard InChI is InChI=1S/C12H13NO2/c14-10-4-5-13-9(7-10)6-8-2-1-3-11(15)12(8)13/h1-3,6,10,14-15H,4-5,7H2. The molecule has 78 valence electrons. The van der Waals surface area contributed by atoms with Gasteiger partial charge in [0.1, 0.15) is 5.75 Å². The third-order valence-electron chi connectivity index (χ3n) is 3.12. The van der Waals surface area contributed by atoms with Gasteiger partial charge in [-0.15, -0.1) is 0 Å². The fourth-order valence-corrected chi connectivity index (χ4v) is 2.41. The molecule has 1 aliphatic heterocycles. The normalized spacial score (nSPS) is 20.5. The van der Waals surface area contributed by atoms with Crippen molar-refractivity contribution < 1.29 is 10.2 Å². The van der Waals surface area contributed by atoms with Crippen molar-refractivity contribution in [3.8, 4) is 5.75 Å². The van der Waals surface area contributed by atoms with Gasteiger partial charge in [0.25, 0.3) is 0 Å². The van der Waals surface area contributed by atoms with Crippen LogP contribution in [0.15, 0.2) is 24.3 Å². The van der Waals surface area contributed by atoms with Crippen LogP contribution in [-0.2, 0) is 13.0 Å². The smallest absolute Gasteiger partial charge is 0.139 e. The monoisotopic (exact) mass is 203 g/mol. The molecular weight excluding hydrogens is 190 g/mol. The zero-order chi connectivity index (χ0) is 10.4. The van der Waals surface area contributed by atoms with Gasteiger partial charge in [-0.3, -0.25) is 0 Å². The van der Waals surface area contributed by atoms with Crippen molar-refractivity contribution in [3.05, 3.63) is 30.0 Å². The van der Waals surface area contributed by atoms with Crippen LogP contribution in [0.5, 0.6) is 5.75 Å². The predicted octanol–water partition coefficient (Wildman–Crippen LogP) is 1.65. The second-order valence-electron chi connectivity index (χ2n) is 4.15. The Morgan fingerprint density at radius 3 is 3.07 bits per heavy atom. The summed E-state index contributed by atoms with van der Waals surface area (Å²) < 4.78 is 2.11. The Hall–Kier alpha value is -1.48. The van der Waals surface area contributed by atoms with Crippen LogP contribution in [0.4, 0.5) is 0 Å². The van der Waals surface area contributed by atoms with Crippen molar-refractivity contribution in [3.63, 3.8) is 0 Å². The number of rotatable bonds is 0. The Bertz CT molecular complexity index is 516. The van der Waals surface area contributed by atoms with Crippen molar-refractivity contribution in [2.24, 2.45) is 0 Å². The van der Waals surface area contributed by atoms with Gasteiger partial charge < -0.3 is 14.8 Å². The van der Waals surface area contributed by atoms with Crippen LogP contribution in [0.3, 0.4) is 0 Å². The summed E-state index contributed by atoms with van der Waals surface area (Å²) in [5, 5.41) is 20.4. The lowest BCUT2D eigenvalue weighted by Gasteiger charge is -2.20. The van der Waals surface area contributed by atoms with Crippen LogP contribution in [-0.4, -0.2) is 20.9 Å². The molecule has 0 fully saturated rings. The van der Waals surface area contributed by atoms with Crippen LogP contribution >= 0.6 is 0 Å². The van der Waals surface area contributed by atoms with Crippen molar-refractivity contribution in [1.29, 1.82) is 0 Å². The summed E-state index contributed by atoms with van der Waals surface area (Å²) in [5.74, 6) is 0.329. The number of phenolic OH excluding ortho intramolecular Hbond substituents is 1. The Morgan fingerprint density at radius 1 is 1.33 bits per heavy atom. The highest BCUT2D eigenvalue weighted by molar-refractivity contribution is 5.86. The maximum atomic E-state index is 9.80. The fraction of sp³-hybridized carbons (Fsp3) is 0.333. The molecule has 0 bridgehead atoms. The first-order chi connectivity index (χ1) is 7.25. The number of hydrogen-bond acceptors (Lipinski definition) is 2. The van der Waals surface area contributed by atoms with E-state index in [0.717, 1.165) is 29.6 Å². The third-order valence-corrected chi connectivity index (χ3v) is 3.12. The SMILES string of the molecule is Oc1cccc2cc3n(c12)CCC(O)C3. The number of aromatic nitrogens is 1. The number of hydrogen-bond donors (Lipinski definition) is 2. The Balaban J connectivity index is 2.29. The van der Waals surface area contributed by atoms with Crippen LogP contribution in [0, 0.1) is 0 Å². The lowest BCUT2D eigenvalue weighted by atomic mass is 10.1. The Kier molecular flexibility index (Phi) is 1.76. The van der Waals surface area contributed by atoms with Gasteiger partial charge >= 0.3 is 0 Å². The highest BCUT2D eigenvalue weighted by Crippen LogP contribution is 2.31. The first-order valence-electron chi connectivity index (χ1n) is 5.24. The van der Waals surface area contributed by atoms with Gasteiger partial charge in [-0.25, -0.2) is 0 Å². The molecule has 3 nitrogen and oxygen atoms in total. The largest absolute Gasteiger partial charge is 0.506 e. The van der Waals surface area contributed by atoms with Gasteiger partial charge in [-0.2, -0.15) is 0 Å². The summed E-state index contributed by atoms with van der Waals surface area (Å²) in [6.45, 7) is 0.789. The Labute approximate surface area is 87.6 Å². The number of para-hydroxylation sites is 1. The number of phenols is 1. The fourth-order valence-electron chi connectivity index (χ4n) is 2.41. The molecule has 15 heavy (non-hydrogen) atoms. The van der Waals surface area contributed by atoms with Crippen molar-refractivity contribution >= 4 is 10.9 Å². The molecule has 3 heteroatoms. The minimum absolute atomic E-state index is 0.232. The van der Waals surface area contributed by atoms with Gasteiger partial charge in [0.15, 0.2) is 0 Å². The van der Waals surface area contributed by atoms with Crippen molar-refractivity contribution in [2.75, 3.05) is 0 Å². The highest BCUT2D eigenvalue weighted by Gasteiger charge is 2.19. The highest BCUT2D eigenvalue weighted by atomic mass is 16.3. The van der Waals surface area contributed by atoms with E-state index in [1.807, 2.05) is 12.1 Å². The summed E-state index contributed by atoms with van der Waals surface area (Å²) >= 11 is 0. The molecule has 1 unspecified atom stereocenters. The number of aliphatic hydroxyl groups excluding tert-OH is 1. The average Bonchev–Trinajstić information content (AvgIpc) is 2.56. The molecule has 0 radical (unpaired) electrons. The van der Waals surface area contributed by atoms with Crippen LogP contribution in [0.2, 0.25) is 0 Å². The second-order valence-corrected chi connectivity index (χ2v) is 4.15. The van der Waals surface area contributed by atoms with E-state index < -0.39 is 0 Å². The molecule has 1 aromatic carbocycles. The van der Waals surface area contributed by atoms with Gasteiger partial charge in [0.05, 0.1) is 11.6 Å². The number of aliphatic hydroxyl groups is 1. The quantitative estimate of drug-likeness (QED) is 0.684. The molecular formula is C12H13NO2. The summed E-state index contributed by atoms with van der Waals surface area (Å²) in [6, 6.07) is 7.60. The lowest BCUT2D eigenvalue weighted by molar-refractivity contribution is 0.144. The maximum absolute atomic E-state index is 9.80. The van der Waals surface area contributed by atoms with Crippen molar-refractivity contribution in [1.82, 2.24) is 4.57 Å². The molecule has 0 saturated carbocycles. The molecule has 0 saturated heterocycles. The van der Waals surface area contributed by atoms with Crippen LogP contribution in [0.1, 0.15) is 12.1 Å². The summed E-state index contributed by atoms with van der Waals surface area (Å²) in [5.41, 5.74) is 2.02. The van der Waals surface area contributed by atoms with E-state index in [1.54, 1.807) is 6.07 Å². The number of benzene rings is 1. The topological polar surface area (TPSA) is 45.4 Å². The van der Waals surface area contributed by atoms with Gasteiger partial charge in [-0.05, 0) is 18.6 Å². The first-order valence-corrected chi connectivity index (χ1v) is 5.24. The molecule has 0 amide bonds. The van der Waals surface area contributed by atoms with E-state index in [9.17, 15) is 10.2 Å². The summed E-state index contributed by atoms with van der Waals surface area (Å²) in [4.78, 5) is 0. The molecule has 0 spiro atoms. The van der Waals surface area contributed by atoms with E-state index in [0.29, 0.717) is 12.2 Å². The number of fused-ring (bicyclic) bond motifs is 3. The Morgan fingerprint density at radius 2 is 2.20 bits per heavy atom. The second kappa shape index (κ2) is 3.00. The molecule has 0 aliphatic carbocycles. The molecule has 1 atom stereocenters. The zero-order valence-corrected chi connectivity index (χ0v) is 8.35. The van der Waals surface area contributed by atoms with E-state index >= 15 is 0 Å². The summed E-state index contributed by atoms with van der Waals surface area (Å²) in [6.07, 6.45) is 1.23. The average molecular weight is 203 g/mol. The molecule has 3 rings (SSSR count). The van der Waals surface area contributed by atoms with Gasteiger partial charge in [-0.1, -0.05) is 12.1 Å². The molecule has 2 N–H and O–H groups in total. The van der Waals surface area contributed by atoms with Crippen LogP contribution < -0.4 is 0 Å². The van der Waals surface area contributed by atoms with E-state index in [4.69, 9.17) is 0 Å². The molecule has 1 aliphatic rings. The zero-order valence-electron chi connectivity index (χ0n) is 8.35. The van der Waals surface area contributed by atoms with Gasteiger partial charge in [0, 0.05) is 24.0 Å². The lowest BCUT2D eigenvalue weighted by Crippen LogP contribution is -2.22. The maximum Gasteiger partial charge on any atom is 0.139 e. The first kappa shape index (κ1) is 8.80. The molecule has 1 aromatic heterocycles. The molecule has 2 heterocycles. The van der Waals surface area contributed by atoms with E-state index in [2.05, 4.69) is 10.6 Å². The minimum atomic E-state index is -0.232. The predicted molar refractivity (Wildman–Crippen MR) is 57.9 cm³/mol.